The van der Waals surface area contributed by atoms with Crippen LogP contribution in [0.5, 0.6) is 0 Å². The Morgan fingerprint density at radius 2 is 1.59 bits per heavy atom. The van der Waals surface area contributed by atoms with Gasteiger partial charge in [-0.15, -0.1) is 0 Å². The van der Waals surface area contributed by atoms with Crippen LogP contribution in [0, 0.1) is 11.8 Å². The van der Waals surface area contributed by atoms with Crippen LogP contribution in [0.15, 0.2) is 0 Å². The van der Waals surface area contributed by atoms with Gasteiger partial charge in [0, 0.05) is 6.04 Å². The van der Waals surface area contributed by atoms with Crippen LogP contribution >= 0.6 is 0 Å². The fourth-order valence-corrected chi connectivity index (χ4v) is 3.42. The molecule has 1 heterocycles. The highest BCUT2D eigenvalue weighted by atomic mass is 19.4. The summed E-state index contributed by atoms with van der Waals surface area (Å²) in [6, 6.07) is 0.172. The Morgan fingerprint density at radius 3 is 2.18 bits per heavy atom. The summed E-state index contributed by atoms with van der Waals surface area (Å²) in [5.41, 5.74) is 0. The molecule has 0 aromatic carbocycles. The molecule has 1 nitrogen and oxygen atoms in total. The van der Waals surface area contributed by atoms with Gasteiger partial charge in [-0.05, 0) is 51.1 Å². The summed E-state index contributed by atoms with van der Waals surface area (Å²) in [7, 11) is 0. The van der Waals surface area contributed by atoms with Gasteiger partial charge in [-0.25, -0.2) is 0 Å². The number of rotatable bonds is 1. The van der Waals surface area contributed by atoms with Crippen molar-refractivity contribution in [2.24, 2.45) is 11.8 Å². The van der Waals surface area contributed by atoms with Gasteiger partial charge in [0.15, 0.2) is 0 Å². The second-order valence-electron chi connectivity index (χ2n) is 5.80. The summed E-state index contributed by atoms with van der Waals surface area (Å²) < 4.78 is 38.5. The maximum absolute atomic E-state index is 12.8. The number of piperidine rings is 1. The van der Waals surface area contributed by atoms with Crippen molar-refractivity contribution in [2.45, 2.75) is 57.7 Å². The molecular formula is C13H22F3N. The molecule has 0 aromatic heterocycles. The Labute approximate surface area is 101 Å². The Morgan fingerprint density at radius 1 is 0.941 bits per heavy atom. The van der Waals surface area contributed by atoms with Crippen LogP contribution in [0.3, 0.4) is 0 Å². The van der Waals surface area contributed by atoms with Crippen molar-refractivity contribution in [2.75, 3.05) is 13.1 Å². The lowest BCUT2D eigenvalue weighted by Gasteiger charge is -2.42. The van der Waals surface area contributed by atoms with Crippen LogP contribution in [0.25, 0.3) is 0 Å². The Kier molecular flexibility index (Phi) is 4.01. The number of likely N-dealkylation sites (tertiary alicyclic amines) is 1. The van der Waals surface area contributed by atoms with E-state index in [9.17, 15) is 13.2 Å². The quantitative estimate of drug-likeness (QED) is 0.682. The predicted molar refractivity (Wildman–Crippen MR) is 61.8 cm³/mol. The van der Waals surface area contributed by atoms with Crippen LogP contribution in [0.2, 0.25) is 0 Å². The smallest absolute Gasteiger partial charge is 0.300 e. The first-order valence-electron chi connectivity index (χ1n) is 6.77. The molecule has 0 bridgehead atoms. The lowest BCUT2D eigenvalue weighted by Crippen LogP contribution is -2.45. The number of alkyl halides is 3. The maximum atomic E-state index is 12.8. The van der Waals surface area contributed by atoms with Crippen molar-refractivity contribution in [3.63, 3.8) is 0 Å². The molecule has 17 heavy (non-hydrogen) atoms. The van der Waals surface area contributed by atoms with E-state index in [1.54, 1.807) is 0 Å². The highest BCUT2D eigenvalue weighted by molar-refractivity contribution is 4.87. The van der Waals surface area contributed by atoms with Crippen molar-refractivity contribution in [1.82, 2.24) is 4.90 Å². The van der Waals surface area contributed by atoms with Gasteiger partial charge in [-0.2, -0.15) is 13.2 Å². The normalized spacial score (nSPS) is 37.1. The molecule has 2 aliphatic rings. The zero-order valence-corrected chi connectivity index (χ0v) is 10.5. The molecule has 0 spiro atoms. The molecule has 2 fully saturated rings. The maximum Gasteiger partial charge on any atom is 0.391 e. The summed E-state index contributed by atoms with van der Waals surface area (Å²) in [5.74, 6) is -0.861. The summed E-state index contributed by atoms with van der Waals surface area (Å²) in [6.45, 7) is 3.97. The first kappa shape index (κ1) is 13.2. The van der Waals surface area contributed by atoms with Crippen molar-refractivity contribution in [3.05, 3.63) is 0 Å². The number of halogens is 3. The number of hydrogen-bond donors (Lipinski definition) is 0. The van der Waals surface area contributed by atoms with Crippen LogP contribution in [-0.2, 0) is 0 Å². The van der Waals surface area contributed by atoms with Gasteiger partial charge in [0.05, 0.1) is 5.92 Å². The van der Waals surface area contributed by atoms with E-state index in [-0.39, 0.29) is 12.0 Å². The molecule has 2 rings (SSSR count). The fourth-order valence-electron chi connectivity index (χ4n) is 3.42. The van der Waals surface area contributed by atoms with Gasteiger partial charge >= 0.3 is 6.18 Å². The minimum atomic E-state index is -4.00. The van der Waals surface area contributed by atoms with Gasteiger partial charge in [-0.1, -0.05) is 13.3 Å². The average molecular weight is 249 g/mol. The molecular weight excluding hydrogens is 227 g/mol. The van der Waals surface area contributed by atoms with E-state index in [0.717, 1.165) is 32.4 Å². The van der Waals surface area contributed by atoms with Crippen LogP contribution in [-0.4, -0.2) is 30.2 Å². The van der Waals surface area contributed by atoms with Gasteiger partial charge in [0.2, 0.25) is 0 Å². The Hall–Kier alpha value is -0.250. The lowest BCUT2D eigenvalue weighted by molar-refractivity contribution is -0.191. The van der Waals surface area contributed by atoms with Crippen molar-refractivity contribution < 1.29 is 13.2 Å². The standard InChI is InChI=1S/C13H22F3N/c1-10-7-11(13(14,15)16)9-12(8-10)17-5-3-2-4-6-17/h10-12H,2-9H2,1H3/t10-,11?,12?/m0/s1. The molecule has 1 saturated heterocycles. The summed E-state index contributed by atoms with van der Waals surface area (Å²) in [6.07, 6.45) is 1.15. The van der Waals surface area contributed by atoms with E-state index in [0.29, 0.717) is 12.8 Å². The molecule has 0 amide bonds. The van der Waals surface area contributed by atoms with E-state index in [1.807, 2.05) is 6.92 Å². The van der Waals surface area contributed by atoms with Crippen LogP contribution in [0.1, 0.15) is 45.4 Å². The molecule has 0 aromatic rings. The lowest BCUT2D eigenvalue weighted by atomic mass is 9.78. The van der Waals surface area contributed by atoms with E-state index >= 15 is 0 Å². The van der Waals surface area contributed by atoms with E-state index in [4.69, 9.17) is 0 Å². The van der Waals surface area contributed by atoms with Crippen LogP contribution < -0.4 is 0 Å². The first-order chi connectivity index (χ1) is 7.97. The SMILES string of the molecule is C[C@@H]1CC(N2CCCCC2)CC(C(F)(F)F)C1. The third kappa shape index (κ3) is 3.36. The number of hydrogen-bond acceptors (Lipinski definition) is 1. The molecule has 0 N–H and O–H groups in total. The van der Waals surface area contributed by atoms with Crippen molar-refractivity contribution >= 4 is 0 Å². The molecule has 1 saturated carbocycles. The molecule has 4 heteroatoms. The van der Waals surface area contributed by atoms with Gasteiger partial charge in [-0.3, -0.25) is 0 Å². The molecule has 100 valence electrons. The predicted octanol–water partition coefficient (Wildman–Crippen LogP) is 3.84. The van der Waals surface area contributed by atoms with Gasteiger partial charge in [0.1, 0.15) is 0 Å². The second-order valence-corrected chi connectivity index (χ2v) is 5.80. The fraction of sp³-hybridized carbons (Fsp3) is 1.00. The van der Waals surface area contributed by atoms with E-state index < -0.39 is 12.1 Å². The van der Waals surface area contributed by atoms with Gasteiger partial charge < -0.3 is 4.90 Å². The minimum absolute atomic E-state index is 0.172. The largest absolute Gasteiger partial charge is 0.391 e. The Bertz CT molecular complexity index is 246. The molecule has 2 unspecified atom stereocenters. The third-order valence-corrected chi connectivity index (χ3v) is 4.29. The zero-order chi connectivity index (χ0) is 12.5. The minimum Gasteiger partial charge on any atom is -0.300 e. The average Bonchev–Trinajstić information content (AvgIpc) is 2.28. The topological polar surface area (TPSA) is 3.24 Å². The van der Waals surface area contributed by atoms with E-state index in [1.165, 1.54) is 6.42 Å². The molecule has 3 atom stereocenters. The van der Waals surface area contributed by atoms with Gasteiger partial charge in [0.25, 0.3) is 0 Å². The van der Waals surface area contributed by atoms with Crippen molar-refractivity contribution in [3.8, 4) is 0 Å². The van der Waals surface area contributed by atoms with E-state index in [2.05, 4.69) is 4.90 Å². The summed E-state index contributed by atoms with van der Waals surface area (Å²) in [5, 5.41) is 0. The van der Waals surface area contributed by atoms with Crippen LogP contribution in [0.4, 0.5) is 13.2 Å². The summed E-state index contributed by atoms with van der Waals surface area (Å²) >= 11 is 0. The molecule has 0 radical (unpaired) electrons. The second kappa shape index (κ2) is 5.17. The molecule has 1 aliphatic carbocycles. The summed E-state index contributed by atoms with van der Waals surface area (Å²) in [4.78, 5) is 2.30. The highest BCUT2D eigenvalue weighted by Gasteiger charge is 2.45. The first-order valence-corrected chi connectivity index (χ1v) is 6.77. The number of nitrogens with zero attached hydrogens (tertiary/aromatic N) is 1. The zero-order valence-electron chi connectivity index (χ0n) is 10.5. The Balaban J connectivity index is 1.97. The molecule has 1 aliphatic heterocycles. The highest BCUT2D eigenvalue weighted by Crippen LogP contribution is 2.41. The monoisotopic (exact) mass is 249 g/mol. The van der Waals surface area contributed by atoms with Crippen molar-refractivity contribution in [1.29, 1.82) is 0 Å². The third-order valence-electron chi connectivity index (χ3n) is 4.29.